The van der Waals surface area contributed by atoms with E-state index >= 15 is 0 Å². The van der Waals surface area contributed by atoms with Crippen LogP contribution >= 0.6 is 15.6 Å². The Morgan fingerprint density at radius 1 is 0.314 bits per heavy atom. The molecule has 19 heteroatoms. The molecule has 2 unspecified atom stereocenters. The molecule has 0 aromatic heterocycles. The van der Waals surface area contributed by atoms with Crippen molar-refractivity contribution >= 4 is 39.5 Å². The molecule has 0 spiro atoms. The first kappa shape index (κ1) is 84.1. The Bertz CT molecular complexity index is 1680. The Labute approximate surface area is 524 Å². The molecule has 0 saturated heterocycles. The average Bonchev–Trinajstić information content (AvgIpc) is 3.61. The van der Waals surface area contributed by atoms with E-state index in [0.29, 0.717) is 31.6 Å². The number of hydrogen-bond donors (Lipinski definition) is 3. The van der Waals surface area contributed by atoms with Gasteiger partial charge in [-0.25, -0.2) is 9.13 Å². The Morgan fingerprint density at radius 2 is 0.535 bits per heavy atom. The molecule has 0 aromatic rings. The summed E-state index contributed by atoms with van der Waals surface area (Å²) in [6.45, 7) is 9.41. The summed E-state index contributed by atoms with van der Waals surface area (Å²) < 4.78 is 68.1. The van der Waals surface area contributed by atoms with E-state index in [0.717, 1.165) is 102 Å². The lowest BCUT2D eigenvalue weighted by atomic mass is 10.0. The number of carbonyl (C=O) groups excluding carboxylic acids is 4. The summed E-state index contributed by atoms with van der Waals surface area (Å²) in [6.07, 6.45) is 43.2. The van der Waals surface area contributed by atoms with Crippen LogP contribution in [0.2, 0.25) is 0 Å². The van der Waals surface area contributed by atoms with Crippen molar-refractivity contribution in [2.75, 3.05) is 39.6 Å². The highest BCUT2D eigenvalue weighted by atomic mass is 31.2. The van der Waals surface area contributed by atoms with Crippen molar-refractivity contribution in [1.29, 1.82) is 0 Å². The molecule has 0 bridgehead atoms. The SMILES string of the molecule is CCCCCCCCCCCCCCCCCC(=O)O[C@H](COC(=O)CCCCCCCCCCC(C)C)COP(=O)(O)OC[C@@H](O)COP(=O)(O)OC[C@@H](COC(=O)CCCCCCCCC(C)C)OC(=O)CCCCCCCCCCCCC. The third-order valence-corrected chi connectivity index (χ3v) is 17.4. The fraction of sp³-hybridized carbons (Fsp3) is 0.940. The number of aliphatic hydroxyl groups is 1. The van der Waals surface area contributed by atoms with Crippen LogP contribution < -0.4 is 0 Å². The van der Waals surface area contributed by atoms with Gasteiger partial charge in [0.05, 0.1) is 26.4 Å². The Morgan fingerprint density at radius 3 is 0.791 bits per heavy atom. The van der Waals surface area contributed by atoms with Gasteiger partial charge in [0.25, 0.3) is 0 Å². The maximum atomic E-state index is 13.0. The maximum absolute atomic E-state index is 13.0. The molecule has 0 amide bonds. The third-order valence-electron chi connectivity index (χ3n) is 15.5. The van der Waals surface area contributed by atoms with Gasteiger partial charge in [-0.15, -0.1) is 0 Å². The zero-order valence-electron chi connectivity index (χ0n) is 55.6. The van der Waals surface area contributed by atoms with E-state index in [2.05, 4.69) is 41.5 Å². The number of phosphoric ester groups is 2. The molecular weight excluding hydrogens is 1140 g/mol. The number of carbonyl (C=O) groups is 4. The second kappa shape index (κ2) is 59.4. The van der Waals surface area contributed by atoms with Crippen molar-refractivity contribution < 1.29 is 80.2 Å². The standard InChI is InChI=1S/C67H130O17P2/c1-7-9-11-13-15-17-19-20-21-22-24-26-32-40-46-52-67(72)83-62(55-77-64(69)49-43-37-30-28-27-29-35-41-47-59(3)4)57-81-85(73,74)79-53-61(68)54-80-86(75,76)82-58-63(56-78-65(70)50-44-38-34-33-36-42-48-60(5)6)84-66(71)51-45-39-31-25-23-18-16-14-12-10-8-2/h59-63,68H,7-58H2,1-6H3,(H,73,74)(H,75,76)/t61-,62-,63-/m1/s1. The van der Waals surface area contributed by atoms with Gasteiger partial charge in [-0.3, -0.25) is 37.3 Å². The van der Waals surface area contributed by atoms with Gasteiger partial charge in [0.1, 0.15) is 19.3 Å². The number of aliphatic hydroxyl groups excluding tert-OH is 1. The molecule has 0 aliphatic heterocycles. The first-order chi connectivity index (χ1) is 41.4. The number of ether oxygens (including phenoxy) is 4. The highest BCUT2D eigenvalue weighted by molar-refractivity contribution is 7.47. The van der Waals surface area contributed by atoms with Crippen molar-refractivity contribution in [3.05, 3.63) is 0 Å². The second-order valence-corrected chi connectivity index (χ2v) is 28.1. The van der Waals surface area contributed by atoms with E-state index in [1.54, 1.807) is 0 Å². The molecule has 0 saturated carbocycles. The summed E-state index contributed by atoms with van der Waals surface area (Å²) in [5.41, 5.74) is 0. The molecule has 17 nitrogen and oxygen atoms in total. The Hall–Kier alpha value is -1.94. The van der Waals surface area contributed by atoms with Gasteiger partial charge in [0.15, 0.2) is 12.2 Å². The van der Waals surface area contributed by atoms with Crippen molar-refractivity contribution in [3.63, 3.8) is 0 Å². The molecule has 86 heavy (non-hydrogen) atoms. The summed E-state index contributed by atoms with van der Waals surface area (Å²) in [5, 5.41) is 10.6. The number of rotatable bonds is 66. The minimum Gasteiger partial charge on any atom is -0.462 e. The minimum absolute atomic E-state index is 0.106. The molecule has 0 heterocycles. The zero-order chi connectivity index (χ0) is 63.6. The van der Waals surface area contributed by atoms with Crippen LogP contribution in [0.4, 0.5) is 0 Å². The number of esters is 4. The van der Waals surface area contributed by atoms with E-state index in [-0.39, 0.29) is 25.7 Å². The van der Waals surface area contributed by atoms with Crippen LogP contribution in [-0.2, 0) is 65.4 Å². The first-order valence-electron chi connectivity index (χ1n) is 35.0. The van der Waals surface area contributed by atoms with Gasteiger partial charge in [0.2, 0.25) is 0 Å². The largest absolute Gasteiger partial charge is 0.472 e. The van der Waals surface area contributed by atoms with E-state index < -0.39 is 97.5 Å². The quantitative estimate of drug-likeness (QED) is 0.0222. The van der Waals surface area contributed by atoms with Gasteiger partial charge in [0, 0.05) is 25.7 Å². The Balaban J connectivity index is 5.23. The highest BCUT2D eigenvalue weighted by Crippen LogP contribution is 2.45. The lowest BCUT2D eigenvalue weighted by Gasteiger charge is -2.21. The predicted octanol–water partition coefficient (Wildman–Crippen LogP) is 18.8. The zero-order valence-corrected chi connectivity index (χ0v) is 57.4. The summed E-state index contributed by atoms with van der Waals surface area (Å²) in [4.78, 5) is 72.3. The summed E-state index contributed by atoms with van der Waals surface area (Å²) in [5.74, 6) is -0.724. The monoisotopic (exact) mass is 1270 g/mol. The molecule has 0 aromatic carbocycles. The summed E-state index contributed by atoms with van der Waals surface area (Å²) in [7, 11) is -9.89. The molecule has 5 atom stereocenters. The van der Waals surface area contributed by atoms with Gasteiger partial charge in [-0.05, 0) is 37.5 Å². The molecular formula is C67H130O17P2. The van der Waals surface area contributed by atoms with Gasteiger partial charge >= 0.3 is 39.5 Å². The van der Waals surface area contributed by atoms with Crippen molar-refractivity contribution in [3.8, 4) is 0 Å². The molecule has 0 fully saturated rings. The van der Waals surface area contributed by atoms with E-state index in [4.69, 9.17) is 37.0 Å². The first-order valence-corrected chi connectivity index (χ1v) is 38.0. The lowest BCUT2D eigenvalue weighted by Crippen LogP contribution is -2.30. The number of hydrogen-bond acceptors (Lipinski definition) is 15. The fourth-order valence-electron chi connectivity index (χ4n) is 10.1. The summed E-state index contributed by atoms with van der Waals surface area (Å²) in [6, 6.07) is 0. The number of unbranched alkanes of at least 4 members (excludes halogenated alkanes) is 36. The van der Waals surface area contributed by atoms with Crippen LogP contribution in [0.15, 0.2) is 0 Å². The van der Waals surface area contributed by atoms with E-state index in [1.807, 2.05) is 0 Å². The second-order valence-electron chi connectivity index (χ2n) is 25.2. The van der Waals surface area contributed by atoms with Crippen LogP contribution in [0, 0.1) is 11.8 Å². The minimum atomic E-state index is -4.95. The van der Waals surface area contributed by atoms with Gasteiger partial charge < -0.3 is 33.8 Å². The smallest absolute Gasteiger partial charge is 0.462 e. The van der Waals surface area contributed by atoms with Crippen LogP contribution in [0.5, 0.6) is 0 Å². The van der Waals surface area contributed by atoms with Gasteiger partial charge in [-0.2, -0.15) is 0 Å². The predicted molar refractivity (Wildman–Crippen MR) is 345 cm³/mol. The van der Waals surface area contributed by atoms with Gasteiger partial charge in [-0.1, -0.05) is 286 Å². The number of phosphoric acid groups is 2. The van der Waals surface area contributed by atoms with Crippen LogP contribution in [0.3, 0.4) is 0 Å². The molecule has 0 aliphatic carbocycles. The normalized spacial score (nSPS) is 14.2. The molecule has 3 N–H and O–H groups in total. The molecule has 0 radical (unpaired) electrons. The Kier molecular flexibility index (Phi) is 58.0. The molecule has 0 rings (SSSR count). The van der Waals surface area contributed by atoms with E-state index in [1.165, 1.54) is 148 Å². The van der Waals surface area contributed by atoms with Crippen LogP contribution in [0.1, 0.15) is 337 Å². The third kappa shape index (κ3) is 60.9. The maximum Gasteiger partial charge on any atom is 0.472 e. The lowest BCUT2D eigenvalue weighted by molar-refractivity contribution is -0.161. The van der Waals surface area contributed by atoms with Crippen molar-refractivity contribution in [2.45, 2.75) is 355 Å². The fourth-order valence-corrected chi connectivity index (χ4v) is 11.6. The topological polar surface area (TPSA) is 237 Å². The average molecular weight is 1270 g/mol. The summed E-state index contributed by atoms with van der Waals surface area (Å²) >= 11 is 0. The van der Waals surface area contributed by atoms with Crippen molar-refractivity contribution in [1.82, 2.24) is 0 Å². The van der Waals surface area contributed by atoms with E-state index in [9.17, 15) is 43.2 Å². The van der Waals surface area contributed by atoms with Crippen molar-refractivity contribution in [2.24, 2.45) is 11.8 Å². The highest BCUT2D eigenvalue weighted by Gasteiger charge is 2.30. The van der Waals surface area contributed by atoms with Crippen LogP contribution in [-0.4, -0.2) is 96.7 Å². The van der Waals surface area contributed by atoms with Crippen LogP contribution in [0.25, 0.3) is 0 Å². The molecule has 0 aliphatic rings. The molecule has 510 valence electrons.